The number of ether oxygens (including phenoxy) is 1. The van der Waals surface area contributed by atoms with Crippen LogP contribution in [0.3, 0.4) is 0 Å². The zero-order valence-electron chi connectivity index (χ0n) is 9.77. The predicted octanol–water partition coefficient (Wildman–Crippen LogP) is 3.13. The number of fused-ring (bicyclic) bond motifs is 2. The van der Waals surface area contributed by atoms with Gasteiger partial charge in [-0.25, -0.2) is 0 Å². The number of rotatable bonds is 1. The van der Waals surface area contributed by atoms with Crippen LogP contribution in [0, 0.1) is 0 Å². The smallest absolute Gasteiger partial charge is 0.148 e. The van der Waals surface area contributed by atoms with Crippen LogP contribution in [0.15, 0.2) is 36.5 Å². The summed E-state index contributed by atoms with van der Waals surface area (Å²) in [5.74, 6) is 1.79. The van der Waals surface area contributed by atoms with Crippen molar-refractivity contribution in [3.63, 3.8) is 0 Å². The largest absolute Gasteiger partial charge is 0.455 e. The van der Waals surface area contributed by atoms with E-state index in [1.165, 1.54) is 0 Å². The summed E-state index contributed by atoms with van der Waals surface area (Å²) < 4.78 is 5.91. The van der Waals surface area contributed by atoms with Crippen molar-refractivity contribution < 1.29 is 4.74 Å². The molecule has 0 radical (unpaired) electrons. The third-order valence-electron chi connectivity index (χ3n) is 3.21. The lowest BCUT2D eigenvalue weighted by Gasteiger charge is -2.14. The van der Waals surface area contributed by atoms with E-state index in [0.717, 1.165) is 29.2 Å². The first-order chi connectivity index (χ1) is 8.78. The summed E-state index contributed by atoms with van der Waals surface area (Å²) in [4.78, 5) is 4.37. The van der Waals surface area contributed by atoms with Gasteiger partial charge in [-0.3, -0.25) is 4.98 Å². The van der Waals surface area contributed by atoms with E-state index >= 15 is 0 Å². The van der Waals surface area contributed by atoms with E-state index in [1.54, 1.807) is 6.20 Å². The summed E-state index contributed by atoms with van der Waals surface area (Å²) in [5.41, 5.74) is 7.91. The van der Waals surface area contributed by atoms with Crippen molar-refractivity contribution >= 4 is 11.6 Å². The van der Waals surface area contributed by atoms with Gasteiger partial charge in [0.2, 0.25) is 0 Å². The Morgan fingerprint density at radius 2 is 2.22 bits per heavy atom. The maximum Gasteiger partial charge on any atom is 0.148 e. The van der Waals surface area contributed by atoms with Gasteiger partial charge in [0.25, 0.3) is 0 Å². The minimum Gasteiger partial charge on any atom is -0.455 e. The lowest BCUT2D eigenvalue weighted by atomic mass is 9.94. The molecule has 0 saturated carbocycles. The Hall–Kier alpha value is -1.58. The van der Waals surface area contributed by atoms with E-state index in [9.17, 15) is 0 Å². The lowest BCUT2D eigenvalue weighted by molar-refractivity contribution is 0.475. The van der Waals surface area contributed by atoms with Crippen molar-refractivity contribution in [2.24, 2.45) is 5.73 Å². The van der Waals surface area contributed by atoms with Crippen LogP contribution in [0.5, 0.6) is 11.5 Å². The van der Waals surface area contributed by atoms with Gasteiger partial charge in [-0.1, -0.05) is 17.7 Å². The minimum atomic E-state index is 0.216. The molecule has 18 heavy (non-hydrogen) atoms. The number of nitrogens with two attached hydrogens (primary N) is 1. The predicted molar refractivity (Wildman–Crippen MR) is 71.3 cm³/mol. The molecule has 3 nitrogen and oxygen atoms in total. The summed E-state index contributed by atoms with van der Waals surface area (Å²) in [6.45, 7) is 0.563. The summed E-state index contributed by atoms with van der Waals surface area (Å²) in [7, 11) is 0. The maximum atomic E-state index is 6.02. The first kappa shape index (κ1) is 11.5. The molecule has 0 spiro atoms. The normalized spacial score (nSPS) is 17.3. The molecular formula is C14H13ClN2O. The number of pyridine rings is 1. The van der Waals surface area contributed by atoms with E-state index < -0.39 is 0 Å². The van der Waals surface area contributed by atoms with Crippen LogP contribution in [-0.2, 0) is 6.42 Å². The van der Waals surface area contributed by atoms with Crippen molar-refractivity contribution in [2.75, 3.05) is 6.54 Å². The highest BCUT2D eigenvalue weighted by molar-refractivity contribution is 6.30. The van der Waals surface area contributed by atoms with Crippen LogP contribution >= 0.6 is 11.6 Å². The highest BCUT2D eigenvalue weighted by Gasteiger charge is 2.23. The first-order valence-electron chi connectivity index (χ1n) is 5.89. The molecular weight excluding hydrogens is 248 g/mol. The van der Waals surface area contributed by atoms with Gasteiger partial charge in [0, 0.05) is 23.6 Å². The number of halogens is 1. The highest BCUT2D eigenvalue weighted by atomic mass is 35.5. The van der Waals surface area contributed by atoms with Crippen molar-refractivity contribution in [1.82, 2.24) is 4.98 Å². The Morgan fingerprint density at radius 1 is 1.33 bits per heavy atom. The van der Waals surface area contributed by atoms with Crippen molar-refractivity contribution in [2.45, 2.75) is 12.3 Å². The molecule has 1 atom stereocenters. The lowest BCUT2D eigenvalue weighted by Crippen LogP contribution is -2.14. The SMILES string of the molecule is NC[C@@H]1Cc2ncccc2Oc2cc(Cl)ccc21. The Balaban J connectivity index is 2.14. The molecule has 0 fully saturated rings. The molecule has 0 saturated heterocycles. The van der Waals surface area contributed by atoms with Gasteiger partial charge in [-0.2, -0.15) is 0 Å². The number of hydrogen-bond donors (Lipinski definition) is 1. The monoisotopic (exact) mass is 260 g/mol. The molecule has 4 heteroatoms. The topological polar surface area (TPSA) is 48.1 Å². The second-order valence-corrected chi connectivity index (χ2v) is 4.81. The molecule has 1 aromatic carbocycles. The molecule has 0 aliphatic carbocycles. The van der Waals surface area contributed by atoms with E-state index in [-0.39, 0.29) is 5.92 Å². The van der Waals surface area contributed by atoms with Crippen LogP contribution in [0.25, 0.3) is 0 Å². The number of hydrogen-bond acceptors (Lipinski definition) is 3. The Morgan fingerprint density at radius 3 is 3.06 bits per heavy atom. The number of nitrogens with zero attached hydrogens (tertiary/aromatic N) is 1. The fourth-order valence-corrected chi connectivity index (χ4v) is 2.44. The maximum absolute atomic E-state index is 6.02. The van der Waals surface area contributed by atoms with Crippen LogP contribution in [0.1, 0.15) is 17.2 Å². The van der Waals surface area contributed by atoms with Crippen molar-refractivity contribution in [1.29, 1.82) is 0 Å². The zero-order valence-corrected chi connectivity index (χ0v) is 10.5. The van der Waals surface area contributed by atoms with Gasteiger partial charge in [-0.15, -0.1) is 0 Å². The average molecular weight is 261 g/mol. The van der Waals surface area contributed by atoms with Crippen LogP contribution in [-0.4, -0.2) is 11.5 Å². The second-order valence-electron chi connectivity index (χ2n) is 4.37. The van der Waals surface area contributed by atoms with Gasteiger partial charge in [0.15, 0.2) is 0 Å². The third-order valence-corrected chi connectivity index (χ3v) is 3.44. The quantitative estimate of drug-likeness (QED) is 0.857. The number of benzene rings is 1. The number of aromatic nitrogens is 1. The zero-order chi connectivity index (χ0) is 12.5. The molecule has 0 unspecified atom stereocenters. The van der Waals surface area contributed by atoms with Crippen molar-refractivity contribution in [3.05, 3.63) is 52.8 Å². The summed E-state index contributed by atoms with van der Waals surface area (Å²) in [6.07, 6.45) is 2.57. The van der Waals surface area contributed by atoms with Gasteiger partial charge in [0.05, 0.1) is 5.69 Å². The summed E-state index contributed by atoms with van der Waals surface area (Å²) in [5, 5.41) is 0.664. The Labute approximate surface area is 111 Å². The minimum absolute atomic E-state index is 0.216. The molecule has 1 aliphatic heterocycles. The van der Waals surface area contributed by atoms with E-state index in [2.05, 4.69) is 4.98 Å². The Bertz CT molecular complexity index is 586. The van der Waals surface area contributed by atoms with Gasteiger partial charge >= 0.3 is 0 Å². The summed E-state index contributed by atoms with van der Waals surface area (Å²) >= 11 is 6.02. The first-order valence-corrected chi connectivity index (χ1v) is 6.27. The molecule has 0 amide bonds. The second kappa shape index (κ2) is 4.59. The fraction of sp³-hybridized carbons (Fsp3) is 0.214. The average Bonchev–Trinajstić information content (AvgIpc) is 2.53. The standard InChI is InChI=1S/C14H13ClN2O/c15-10-3-4-11-9(8-16)6-12-13(2-1-5-17-12)18-14(11)7-10/h1-5,7,9H,6,8,16H2/t9-/m0/s1. The molecule has 0 bridgehead atoms. The molecule has 1 aromatic heterocycles. The molecule has 1 aliphatic rings. The molecule has 2 aromatic rings. The summed E-state index contributed by atoms with van der Waals surface area (Å²) in [6, 6.07) is 9.48. The van der Waals surface area contributed by atoms with E-state index in [4.69, 9.17) is 22.1 Å². The molecule has 3 rings (SSSR count). The fourth-order valence-electron chi connectivity index (χ4n) is 2.28. The van der Waals surface area contributed by atoms with Gasteiger partial charge in [-0.05, 0) is 36.4 Å². The molecule has 2 N–H and O–H groups in total. The third kappa shape index (κ3) is 1.96. The van der Waals surface area contributed by atoms with Crippen molar-refractivity contribution in [3.8, 4) is 11.5 Å². The van der Waals surface area contributed by atoms with Crippen LogP contribution < -0.4 is 10.5 Å². The molecule has 92 valence electrons. The van der Waals surface area contributed by atoms with E-state index in [0.29, 0.717) is 11.6 Å². The molecule has 2 heterocycles. The highest BCUT2D eigenvalue weighted by Crippen LogP contribution is 2.39. The Kier molecular flexibility index (Phi) is 2.94. The van der Waals surface area contributed by atoms with E-state index in [1.807, 2.05) is 30.3 Å². The van der Waals surface area contributed by atoms with Gasteiger partial charge in [0.1, 0.15) is 11.5 Å². The van der Waals surface area contributed by atoms with Gasteiger partial charge < -0.3 is 10.5 Å². The van der Waals surface area contributed by atoms with Crippen LogP contribution in [0.4, 0.5) is 0 Å². The van der Waals surface area contributed by atoms with Crippen LogP contribution in [0.2, 0.25) is 5.02 Å².